The van der Waals surface area contributed by atoms with Gasteiger partial charge in [0.25, 0.3) is 0 Å². The van der Waals surface area contributed by atoms with Crippen molar-refractivity contribution in [2.24, 2.45) is 7.05 Å². The van der Waals surface area contributed by atoms with Gasteiger partial charge in [0.05, 0.1) is 6.54 Å². The van der Waals surface area contributed by atoms with E-state index in [1.807, 2.05) is 19.1 Å². The van der Waals surface area contributed by atoms with Crippen LogP contribution in [0.5, 0.6) is 0 Å². The molecular formula is C22H32FN5. The maximum Gasteiger partial charge on any atom is 0.146 e. The Morgan fingerprint density at radius 2 is 1.68 bits per heavy atom. The molecule has 1 aromatic carbocycles. The number of aromatic nitrogens is 3. The maximum atomic E-state index is 13.5. The molecule has 5 nitrogen and oxygen atoms in total. The summed E-state index contributed by atoms with van der Waals surface area (Å²) in [4.78, 5) is 4.97. The minimum atomic E-state index is -0.120. The van der Waals surface area contributed by atoms with Crippen LogP contribution in [-0.2, 0) is 20.1 Å². The minimum Gasteiger partial charge on any atom is -0.317 e. The van der Waals surface area contributed by atoms with Crippen molar-refractivity contribution in [2.75, 3.05) is 26.2 Å². The smallest absolute Gasteiger partial charge is 0.146 e. The van der Waals surface area contributed by atoms with Crippen LogP contribution in [0.1, 0.15) is 60.8 Å². The fourth-order valence-electron chi connectivity index (χ4n) is 4.60. The molecule has 0 saturated carbocycles. The van der Waals surface area contributed by atoms with Gasteiger partial charge < -0.3 is 4.57 Å². The van der Waals surface area contributed by atoms with Crippen LogP contribution in [0.15, 0.2) is 18.2 Å². The number of aryl methyl sites for hydroxylation is 1. The molecule has 0 aliphatic carbocycles. The number of likely N-dealkylation sites (tertiary alicyclic amines) is 2. The topological polar surface area (TPSA) is 37.2 Å². The summed E-state index contributed by atoms with van der Waals surface area (Å²) in [6, 6.07) is 5.46. The fraction of sp³-hybridized carbons (Fsp3) is 0.636. The summed E-state index contributed by atoms with van der Waals surface area (Å²) in [5.41, 5.74) is 1.92. The predicted molar refractivity (Wildman–Crippen MR) is 109 cm³/mol. The van der Waals surface area contributed by atoms with Crippen molar-refractivity contribution in [1.82, 2.24) is 24.6 Å². The molecule has 2 aliphatic heterocycles. The van der Waals surface area contributed by atoms with Gasteiger partial charge in [-0.2, -0.15) is 0 Å². The summed E-state index contributed by atoms with van der Waals surface area (Å²) in [6.07, 6.45) is 6.18. The van der Waals surface area contributed by atoms with Gasteiger partial charge in [-0.3, -0.25) is 9.80 Å². The van der Waals surface area contributed by atoms with Gasteiger partial charge in [-0.25, -0.2) is 4.39 Å². The monoisotopic (exact) mass is 385 g/mol. The van der Waals surface area contributed by atoms with Crippen LogP contribution in [0.25, 0.3) is 0 Å². The largest absolute Gasteiger partial charge is 0.317 e. The van der Waals surface area contributed by atoms with Gasteiger partial charge >= 0.3 is 0 Å². The van der Waals surface area contributed by atoms with Crippen molar-refractivity contribution in [1.29, 1.82) is 0 Å². The highest BCUT2D eigenvalue weighted by Crippen LogP contribution is 2.28. The zero-order valence-corrected chi connectivity index (χ0v) is 17.2. The van der Waals surface area contributed by atoms with Gasteiger partial charge in [0.2, 0.25) is 0 Å². The van der Waals surface area contributed by atoms with Crippen molar-refractivity contribution >= 4 is 0 Å². The summed E-state index contributed by atoms with van der Waals surface area (Å²) in [5.74, 6) is 2.61. The van der Waals surface area contributed by atoms with E-state index in [4.69, 9.17) is 0 Å². The molecule has 0 radical (unpaired) electrons. The van der Waals surface area contributed by atoms with E-state index in [9.17, 15) is 4.39 Å². The van der Waals surface area contributed by atoms with Gasteiger partial charge in [0.15, 0.2) is 0 Å². The zero-order chi connectivity index (χ0) is 19.5. The summed E-state index contributed by atoms with van der Waals surface area (Å²) in [6.45, 7) is 8.12. The van der Waals surface area contributed by atoms with Crippen LogP contribution in [0.3, 0.4) is 0 Å². The van der Waals surface area contributed by atoms with Gasteiger partial charge in [-0.15, -0.1) is 10.2 Å². The normalized spacial score (nSPS) is 20.0. The molecule has 0 bridgehead atoms. The third-order valence-electron chi connectivity index (χ3n) is 6.39. The SMILES string of the molecule is Cc1cc(CN2CCC(c3nnc(CN4CCCCC4)n3C)CC2)ccc1F. The molecule has 0 spiro atoms. The maximum absolute atomic E-state index is 13.5. The summed E-state index contributed by atoms with van der Waals surface area (Å²) < 4.78 is 15.7. The number of benzene rings is 1. The Hall–Kier alpha value is -1.79. The van der Waals surface area contributed by atoms with E-state index < -0.39 is 0 Å². The molecule has 152 valence electrons. The van der Waals surface area contributed by atoms with E-state index in [1.165, 1.54) is 37.9 Å². The highest BCUT2D eigenvalue weighted by atomic mass is 19.1. The van der Waals surface area contributed by atoms with Crippen LogP contribution in [0.2, 0.25) is 0 Å². The third-order valence-corrected chi connectivity index (χ3v) is 6.39. The van der Waals surface area contributed by atoms with Crippen LogP contribution in [-0.4, -0.2) is 50.7 Å². The molecule has 3 heterocycles. The fourth-order valence-corrected chi connectivity index (χ4v) is 4.60. The first kappa shape index (κ1) is 19.5. The average Bonchev–Trinajstić information content (AvgIpc) is 3.07. The number of rotatable bonds is 5. The molecule has 28 heavy (non-hydrogen) atoms. The minimum absolute atomic E-state index is 0.120. The number of hydrogen-bond acceptors (Lipinski definition) is 4. The molecule has 2 saturated heterocycles. The Morgan fingerprint density at radius 3 is 2.39 bits per heavy atom. The quantitative estimate of drug-likeness (QED) is 0.788. The number of hydrogen-bond donors (Lipinski definition) is 0. The van der Waals surface area contributed by atoms with Gasteiger partial charge in [-0.05, 0) is 76.0 Å². The molecule has 0 unspecified atom stereocenters. The third kappa shape index (κ3) is 4.44. The van der Waals surface area contributed by atoms with Crippen molar-refractivity contribution in [3.05, 3.63) is 46.8 Å². The van der Waals surface area contributed by atoms with Crippen LogP contribution < -0.4 is 0 Å². The number of halogens is 1. The Kier molecular flexibility index (Phi) is 6.07. The van der Waals surface area contributed by atoms with Crippen molar-refractivity contribution in [3.8, 4) is 0 Å². The van der Waals surface area contributed by atoms with Gasteiger partial charge in [0, 0.05) is 19.5 Å². The van der Waals surface area contributed by atoms with Crippen LogP contribution in [0, 0.1) is 12.7 Å². The first-order valence-corrected chi connectivity index (χ1v) is 10.7. The highest BCUT2D eigenvalue weighted by Gasteiger charge is 2.26. The molecule has 2 aliphatic rings. The van der Waals surface area contributed by atoms with Crippen LogP contribution in [0.4, 0.5) is 4.39 Å². The van der Waals surface area contributed by atoms with Gasteiger partial charge in [0.1, 0.15) is 17.5 Å². The molecule has 0 amide bonds. The molecule has 4 rings (SSSR count). The second-order valence-electron chi connectivity index (χ2n) is 8.50. The van der Waals surface area contributed by atoms with Gasteiger partial charge in [-0.1, -0.05) is 18.6 Å². The van der Waals surface area contributed by atoms with Crippen molar-refractivity contribution in [2.45, 2.75) is 58.0 Å². The Labute approximate surface area is 167 Å². The second kappa shape index (κ2) is 8.70. The zero-order valence-electron chi connectivity index (χ0n) is 17.2. The average molecular weight is 386 g/mol. The lowest BCUT2D eigenvalue weighted by Gasteiger charge is -2.31. The van der Waals surface area contributed by atoms with E-state index in [0.29, 0.717) is 5.92 Å². The van der Waals surface area contributed by atoms with Crippen molar-refractivity contribution in [3.63, 3.8) is 0 Å². The van der Waals surface area contributed by atoms with E-state index in [2.05, 4.69) is 31.6 Å². The van der Waals surface area contributed by atoms with E-state index in [-0.39, 0.29) is 5.82 Å². The molecule has 0 N–H and O–H groups in total. The predicted octanol–water partition coefficient (Wildman–Crippen LogP) is 3.63. The van der Waals surface area contributed by atoms with E-state index in [1.54, 1.807) is 6.07 Å². The van der Waals surface area contributed by atoms with Crippen molar-refractivity contribution < 1.29 is 4.39 Å². The Bertz CT molecular complexity index is 788. The number of piperidine rings is 2. The summed E-state index contributed by atoms with van der Waals surface area (Å²) in [5, 5.41) is 9.07. The molecule has 1 aromatic heterocycles. The molecule has 6 heteroatoms. The lowest BCUT2D eigenvalue weighted by atomic mass is 9.95. The lowest BCUT2D eigenvalue weighted by molar-refractivity contribution is 0.199. The first-order valence-electron chi connectivity index (χ1n) is 10.7. The van der Waals surface area contributed by atoms with Crippen LogP contribution >= 0.6 is 0 Å². The summed E-state index contributed by atoms with van der Waals surface area (Å²) >= 11 is 0. The summed E-state index contributed by atoms with van der Waals surface area (Å²) in [7, 11) is 2.13. The second-order valence-corrected chi connectivity index (χ2v) is 8.50. The molecular weight excluding hydrogens is 353 g/mol. The lowest BCUT2D eigenvalue weighted by Crippen LogP contribution is -2.33. The van der Waals surface area contributed by atoms with E-state index in [0.717, 1.165) is 56.2 Å². The molecule has 0 atom stereocenters. The number of nitrogens with zero attached hydrogens (tertiary/aromatic N) is 5. The molecule has 2 fully saturated rings. The first-order chi connectivity index (χ1) is 13.6. The Morgan fingerprint density at radius 1 is 0.964 bits per heavy atom. The standard InChI is InChI=1S/C22H32FN5/c1-17-14-18(6-7-20(17)23)15-28-12-8-19(9-13-28)22-25-24-21(26(22)2)16-27-10-4-3-5-11-27/h6-7,14,19H,3-5,8-13,15-16H2,1-2H3. The highest BCUT2D eigenvalue weighted by molar-refractivity contribution is 5.24. The molecule has 2 aromatic rings. The Balaban J connectivity index is 1.32. The van der Waals surface area contributed by atoms with E-state index >= 15 is 0 Å².